The molecule has 0 aliphatic carbocycles. The number of rotatable bonds is 4. The summed E-state index contributed by atoms with van der Waals surface area (Å²) in [5.74, 6) is 1.02. The van der Waals surface area contributed by atoms with E-state index in [2.05, 4.69) is 17.1 Å². The summed E-state index contributed by atoms with van der Waals surface area (Å²) >= 11 is 0. The van der Waals surface area contributed by atoms with Crippen LogP contribution in [0.2, 0.25) is 0 Å². The van der Waals surface area contributed by atoms with Crippen LogP contribution in [0, 0.1) is 5.92 Å². The van der Waals surface area contributed by atoms with Gasteiger partial charge < -0.3 is 20.2 Å². The number of nitrogens with zero attached hydrogens (tertiary/aromatic N) is 3. The van der Waals surface area contributed by atoms with Gasteiger partial charge >= 0.3 is 6.01 Å². The molecular formula is C10H18N4O2. The van der Waals surface area contributed by atoms with Gasteiger partial charge in [-0.05, 0) is 12.3 Å². The van der Waals surface area contributed by atoms with Gasteiger partial charge in [0, 0.05) is 19.5 Å². The van der Waals surface area contributed by atoms with Gasteiger partial charge in [0.05, 0.1) is 12.6 Å². The highest BCUT2D eigenvalue weighted by Gasteiger charge is 2.33. The standard InChI is InChI=1S/C10H18N4O2/c1-7-3-5-14(8(7)6-15)10-13-12-9(16-10)2-4-11/h7-8,15H,2-6,11H2,1H3. The van der Waals surface area contributed by atoms with Crippen LogP contribution in [0.15, 0.2) is 4.42 Å². The van der Waals surface area contributed by atoms with Crippen molar-refractivity contribution in [1.82, 2.24) is 10.2 Å². The summed E-state index contributed by atoms with van der Waals surface area (Å²) in [4.78, 5) is 1.98. The summed E-state index contributed by atoms with van der Waals surface area (Å²) in [5, 5.41) is 17.2. The van der Waals surface area contributed by atoms with Gasteiger partial charge in [0.15, 0.2) is 0 Å². The molecule has 0 amide bonds. The van der Waals surface area contributed by atoms with E-state index in [1.807, 2.05) is 4.90 Å². The molecule has 2 heterocycles. The Bertz CT molecular complexity index is 341. The molecule has 6 nitrogen and oxygen atoms in total. The number of nitrogens with two attached hydrogens (primary N) is 1. The smallest absolute Gasteiger partial charge is 0.318 e. The molecule has 1 fully saturated rings. The van der Waals surface area contributed by atoms with Crippen LogP contribution in [0.25, 0.3) is 0 Å². The predicted molar refractivity (Wildman–Crippen MR) is 59.1 cm³/mol. The number of aromatic nitrogens is 2. The first-order valence-electron chi connectivity index (χ1n) is 5.66. The van der Waals surface area contributed by atoms with Crippen LogP contribution in [0.1, 0.15) is 19.2 Å². The van der Waals surface area contributed by atoms with Gasteiger partial charge in [-0.2, -0.15) is 0 Å². The first-order chi connectivity index (χ1) is 7.76. The highest BCUT2D eigenvalue weighted by Crippen LogP contribution is 2.28. The third-order valence-electron chi connectivity index (χ3n) is 3.13. The van der Waals surface area contributed by atoms with Crippen LogP contribution in [0.3, 0.4) is 0 Å². The van der Waals surface area contributed by atoms with Crippen molar-refractivity contribution in [3.05, 3.63) is 5.89 Å². The summed E-state index contributed by atoms with van der Waals surface area (Å²) in [7, 11) is 0. The third kappa shape index (κ3) is 2.03. The number of aliphatic hydroxyl groups is 1. The van der Waals surface area contributed by atoms with E-state index in [1.54, 1.807) is 0 Å². The Kier molecular flexibility index (Phi) is 3.40. The van der Waals surface area contributed by atoms with Crippen molar-refractivity contribution in [3.8, 4) is 0 Å². The van der Waals surface area contributed by atoms with Crippen molar-refractivity contribution in [2.75, 3.05) is 24.6 Å². The van der Waals surface area contributed by atoms with Crippen LogP contribution in [-0.2, 0) is 6.42 Å². The fourth-order valence-electron chi connectivity index (χ4n) is 2.11. The molecule has 1 saturated heterocycles. The van der Waals surface area contributed by atoms with Gasteiger partial charge in [-0.15, -0.1) is 5.10 Å². The normalized spacial score (nSPS) is 25.3. The van der Waals surface area contributed by atoms with Crippen molar-refractivity contribution in [1.29, 1.82) is 0 Å². The molecule has 3 N–H and O–H groups in total. The highest BCUT2D eigenvalue weighted by molar-refractivity contribution is 5.29. The van der Waals surface area contributed by atoms with E-state index < -0.39 is 0 Å². The SMILES string of the molecule is CC1CCN(c2nnc(CCN)o2)C1CO. The van der Waals surface area contributed by atoms with Gasteiger partial charge in [-0.3, -0.25) is 0 Å². The summed E-state index contributed by atoms with van der Waals surface area (Å²) in [6.45, 7) is 3.60. The van der Waals surface area contributed by atoms with E-state index in [-0.39, 0.29) is 12.6 Å². The lowest BCUT2D eigenvalue weighted by Crippen LogP contribution is -2.35. The van der Waals surface area contributed by atoms with Crippen LogP contribution in [0.5, 0.6) is 0 Å². The zero-order chi connectivity index (χ0) is 11.5. The van der Waals surface area contributed by atoms with Gasteiger partial charge in [-0.25, -0.2) is 0 Å². The van der Waals surface area contributed by atoms with E-state index in [0.29, 0.717) is 30.8 Å². The molecule has 0 bridgehead atoms. The Hall–Kier alpha value is -1.14. The Balaban J connectivity index is 2.10. The minimum atomic E-state index is 0.0891. The van der Waals surface area contributed by atoms with E-state index >= 15 is 0 Å². The van der Waals surface area contributed by atoms with Gasteiger partial charge in [0.2, 0.25) is 5.89 Å². The maximum atomic E-state index is 9.33. The molecule has 0 aromatic carbocycles. The minimum absolute atomic E-state index is 0.0891. The van der Waals surface area contributed by atoms with Crippen LogP contribution in [-0.4, -0.2) is 41.0 Å². The highest BCUT2D eigenvalue weighted by atomic mass is 16.4. The third-order valence-corrected chi connectivity index (χ3v) is 3.13. The predicted octanol–water partition coefficient (Wildman–Crippen LogP) is -0.222. The molecule has 0 radical (unpaired) electrons. The number of anilines is 1. The zero-order valence-corrected chi connectivity index (χ0v) is 9.46. The molecule has 1 aliphatic rings. The molecule has 16 heavy (non-hydrogen) atoms. The topological polar surface area (TPSA) is 88.4 Å². The molecule has 90 valence electrons. The summed E-state index contributed by atoms with van der Waals surface area (Å²) < 4.78 is 5.50. The van der Waals surface area contributed by atoms with E-state index in [1.165, 1.54) is 0 Å². The second-order valence-electron chi connectivity index (χ2n) is 4.23. The van der Waals surface area contributed by atoms with Crippen molar-refractivity contribution in [2.24, 2.45) is 11.7 Å². The molecule has 0 spiro atoms. The van der Waals surface area contributed by atoms with E-state index in [9.17, 15) is 5.11 Å². The van der Waals surface area contributed by atoms with Crippen LogP contribution >= 0.6 is 0 Å². The van der Waals surface area contributed by atoms with Gasteiger partial charge in [0.1, 0.15) is 0 Å². The molecule has 2 unspecified atom stereocenters. The van der Waals surface area contributed by atoms with Crippen LogP contribution in [0.4, 0.5) is 6.01 Å². The maximum Gasteiger partial charge on any atom is 0.318 e. The fraction of sp³-hybridized carbons (Fsp3) is 0.800. The lowest BCUT2D eigenvalue weighted by molar-refractivity contribution is 0.241. The Labute approximate surface area is 94.4 Å². The molecular weight excluding hydrogens is 208 g/mol. The first kappa shape index (κ1) is 11.3. The van der Waals surface area contributed by atoms with E-state index in [4.69, 9.17) is 10.2 Å². The Morgan fingerprint density at radius 3 is 3.06 bits per heavy atom. The number of hydrogen-bond donors (Lipinski definition) is 2. The molecule has 1 aromatic heterocycles. The molecule has 1 aromatic rings. The second-order valence-corrected chi connectivity index (χ2v) is 4.23. The quantitative estimate of drug-likeness (QED) is 0.737. The van der Waals surface area contributed by atoms with Crippen LogP contribution < -0.4 is 10.6 Å². The lowest BCUT2D eigenvalue weighted by Gasteiger charge is -2.22. The monoisotopic (exact) mass is 226 g/mol. The maximum absolute atomic E-state index is 9.33. The minimum Gasteiger partial charge on any atom is -0.408 e. The summed E-state index contributed by atoms with van der Waals surface area (Å²) in [6.07, 6.45) is 1.64. The van der Waals surface area contributed by atoms with Gasteiger partial charge in [-0.1, -0.05) is 12.0 Å². The van der Waals surface area contributed by atoms with E-state index in [0.717, 1.165) is 13.0 Å². The summed E-state index contributed by atoms with van der Waals surface area (Å²) in [6, 6.07) is 0.595. The first-order valence-corrected chi connectivity index (χ1v) is 5.66. The van der Waals surface area contributed by atoms with Crippen molar-refractivity contribution >= 4 is 6.01 Å². The number of aliphatic hydroxyl groups excluding tert-OH is 1. The largest absolute Gasteiger partial charge is 0.408 e. The average Bonchev–Trinajstić information content (AvgIpc) is 2.85. The molecule has 2 rings (SSSR count). The van der Waals surface area contributed by atoms with Crippen molar-refractivity contribution in [3.63, 3.8) is 0 Å². The molecule has 6 heteroatoms. The second kappa shape index (κ2) is 4.80. The molecule has 2 atom stereocenters. The Morgan fingerprint density at radius 2 is 2.38 bits per heavy atom. The average molecular weight is 226 g/mol. The van der Waals surface area contributed by atoms with Gasteiger partial charge in [0.25, 0.3) is 0 Å². The van der Waals surface area contributed by atoms with Crippen molar-refractivity contribution < 1.29 is 9.52 Å². The Morgan fingerprint density at radius 1 is 1.56 bits per heavy atom. The fourth-order valence-corrected chi connectivity index (χ4v) is 2.11. The molecule has 0 saturated carbocycles. The zero-order valence-electron chi connectivity index (χ0n) is 9.46. The van der Waals surface area contributed by atoms with Crippen molar-refractivity contribution in [2.45, 2.75) is 25.8 Å². The summed E-state index contributed by atoms with van der Waals surface area (Å²) in [5.41, 5.74) is 5.42. The lowest BCUT2D eigenvalue weighted by atomic mass is 10.0. The number of hydrogen-bond acceptors (Lipinski definition) is 6. The molecule has 1 aliphatic heterocycles.